The molecule has 1 amide bonds. The summed E-state index contributed by atoms with van der Waals surface area (Å²) in [7, 11) is 4.12. The highest BCUT2D eigenvalue weighted by Gasteiger charge is 2.01. The second-order valence-corrected chi connectivity index (χ2v) is 5.63. The number of benzene rings is 1. The third-order valence-corrected chi connectivity index (χ3v) is 3.14. The molecule has 5 heteroatoms. The van der Waals surface area contributed by atoms with Crippen molar-refractivity contribution in [3.05, 3.63) is 28.7 Å². The van der Waals surface area contributed by atoms with Gasteiger partial charge in [0.05, 0.1) is 0 Å². The molecule has 2 N–H and O–H groups in total. The number of carbonyl (C=O) groups excluding carboxylic acids is 1. The summed E-state index contributed by atoms with van der Waals surface area (Å²) >= 11 is 3.36. The van der Waals surface area contributed by atoms with E-state index >= 15 is 0 Å². The van der Waals surface area contributed by atoms with Crippen molar-refractivity contribution in [1.82, 2.24) is 10.2 Å². The van der Waals surface area contributed by atoms with Crippen LogP contribution in [0, 0.1) is 0 Å². The maximum absolute atomic E-state index is 11.7. The highest BCUT2D eigenvalue weighted by molar-refractivity contribution is 9.10. The zero-order chi connectivity index (χ0) is 14.1. The normalized spacial score (nSPS) is 10.7. The number of rotatable bonds is 8. The second-order valence-electron chi connectivity index (χ2n) is 4.71. The third-order valence-electron chi connectivity index (χ3n) is 2.62. The molecule has 4 nitrogen and oxygen atoms in total. The van der Waals surface area contributed by atoms with Crippen molar-refractivity contribution < 1.29 is 4.79 Å². The molecule has 0 fully saturated rings. The molecule has 0 aliphatic heterocycles. The summed E-state index contributed by atoms with van der Waals surface area (Å²) in [5.41, 5.74) is 0.834. The molecule has 1 aromatic rings. The summed E-state index contributed by atoms with van der Waals surface area (Å²) in [6, 6.07) is 7.59. The topological polar surface area (TPSA) is 44.4 Å². The molecule has 0 spiro atoms. The van der Waals surface area contributed by atoms with E-state index in [-0.39, 0.29) is 5.91 Å². The Balaban J connectivity index is 2.09. The van der Waals surface area contributed by atoms with Crippen LogP contribution in [0.15, 0.2) is 28.7 Å². The lowest BCUT2D eigenvalue weighted by molar-refractivity contribution is -0.116. The van der Waals surface area contributed by atoms with Crippen molar-refractivity contribution >= 4 is 27.5 Å². The molecule has 0 unspecified atom stereocenters. The molecule has 0 saturated heterocycles. The molecule has 106 valence electrons. The molecule has 0 saturated carbocycles. The van der Waals surface area contributed by atoms with Gasteiger partial charge in [-0.2, -0.15) is 0 Å². The average molecular weight is 328 g/mol. The number of carbonyl (C=O) groups is 1. The van der Waals surface area contributed by atoms with E-state index in [1.165, 1.54) is 0 Å². The summed E-state index contributed by atoms with van der Waals surface area (Å²) < 4.78 is 1.01. The zero-order valence-corrected chi connectivity index (χ0v) is 13.2. The Kier molecular flexibility index (Phi) is 7.70. The van der Waals surface area contributed by atoms with Crippen LogP contribution in [0.2, 0.25) is 0 Å². The standard InChI is InChI=1S/C14H22BrN3O/c1-18(2)11-3-9-16-10-8-14(19)17-13-6-4-12(15)5-7-13/h4-7,16H,3,8-11H2,1-2H3,(H,17,19). The van der Waals surface area contributed by atoms with Crippen molar-refractivity contribution in [2.75, 3.05) is 39.0 Å². The summed E-state index contributed by atoms with van der Waals surface area (Å²) in [5, 5.41) is 6.14. The number of amides is 1. The molecule has 0 aromatic heterocycles. The zero-order valence-electron chi connectivity index (χ0n) is 11.6. The monoisotopic (exact) mass is 327 g/mol. The fraction of sp³-hybridized carbons (Fsp3) is 0.500. The Labute approximate surface area is 123 Å². The Hall–Kier alpha value is -0.910. The average Bonchev–Trinajstić information content (AvgIpc) is 2.36. The Bertz CT molecular complexity index is 379. The first kappa shape index (κ1) is 16.1. The van der Waals surface area contributed by atoms with Crippen molar-refractivity contribution in [1.29, 1.82) is 0 Å². The fourth-order valence-electron chi connectivity index (χ4n) is 1.60. The van der Waals surface area contributed by atoms with Crippen LogP contribution in [0.3, 0.4) is 0 Å². The van der Waals surface area contributed by atoms with E-state index in [4.69, 9.17) is 0 Å². The molecule has 1 rings (SSSR count). The van der Waals surface area contributed by atoms with Gasteiger partial charge in [-0.1, -0.05) is 15.9 Å². The molecule has 0 heterocycles. The van der Waals surface area contributed by atoms with Gasteiger partial charge < -0.3 is 15.5 Å². The van der Waals surface area contributed by atoms with Gasteiger partial charge >= 0.3 is 0 Å². The van der Waals surface area contributed by atoms with Gasteiger partial charge in [0, 0.05) is 23.1 Å². The lowest BCUT2D eigenvalue weighted by Crippen LogP contribution is -2.25. The van der Waals surface area contributed by atoms with Gasteiger partial charge in [-0.05, 0) is 57.9 Å². The predicted octanol–water partition coefficient (Wildman–Crippen LogP) is 2.32. The van der Waals surface area contributed by atoms with E-state index in [0.717, 1.165) is 36.2 Å². The smallest absolute Gasteiger partial charge is 0.225 e. The maximum atomic E-state index is 11.7. The van der Waals surface area contributed by atoms with Gasteiger partial charge in [-0.3, -0.25) is 4.79 Å². The molecule has 0 aliphatic carbocycles. The van der Waals surface area contributed by atoms with E-state index in [1.54, 1.807) is 0 Å². The number of anilines is 1. The van der Waals surface area contributed by atoms with Gasteiger partial charge in [0.2, 0.25) is 5.91 Å². The molecular formula is C14H22BrN3O. The van der Waals surface area contributed by atoms with Crippen LogP contribution in [-0.4, -0.2) is 44.5 Å². The van der Waals surface area contributed by atoms with Crippen LogP contribution in [0.4, 0.5) is 5.69 Å². The van der Waals surface area contributed by atoms with Gasteiger partial charge in [0.25, 0.3) is 0 Å². The molecule has 0 atom stereocenters. The van der Waals surface area contributed by atoms with Crippen LogP contribution >= 0.6 is 15.9 Å². The summed E-state index contributed by atoms with van der Waals surface area (Å²) in [5.74, 6) is 0.0439. The van der Waals surface area contributed by atoms with Crippen molar-refractivity contribution in [2.45, 2.75) is 12.8 Å². The minimum atomic E-state index is 0.0439. The Morgan fingerprint density at radius 3 is 2.53 bits per heavy atom. The maximum Gasteiger partial charge on any atom is 0.225 e. The molecule has 0 radical (unpaired) electrons. The summed E-state index contributed by atoms with van der Waals surface area (Å²) in [6.45, 7) is 2.73. The second kappa shape index (κ2) is 9.07. The molecule has 19 heavy (non-hydrogen) atoms. The third kappa shape index (κ3) is 7.97. The van der Waals surface area contributed by atoms with E-state index in [1.807, 2.05) is 24.3 Å². The highest BCUT2D eigenvalue weighted by Crippen LogP contribution is 2.14. The first-order valence-electron chi connectivity index (χ1n) is 6.49. The molecule has 1 aromatic carbocycles. The van der Waals surface area contributed by atoms with Gasteiger partial charge in [-0.15, -0.1) is 0 Å². The number of nitrogens with zero attached hydrogens (tertiary/aromatic N) is 1. The molecule has 0 aliphatic rings. The fourth-order valence-corrected chi connectivity index (χ4v) is 1.87. The quantitative estimate of drug-likeness (QED) is 0.720. The lowest BCUT2D eigenvalue weighted by Gasteiger charge is -2.10. The number of hydrogen-bond acceptors (Lipinski definition) is 3. The van der Waals surface area contributed by atoms with E-state index < -0.39 is 0 Å². The van der Waals surface area contributed by atoms with Crippen LogP contribution in [-0.2, 0) is 4.79 Å². The molecular weight excluding hydrogens is 306 g/mol. The molecule has 0 bridgehead atoms. The van der Waals surface area contributed by atoms with Gasteiger partial charge in [0.15, 0.2) is 0 Å². The number of nitrogens with one attached hydrogen (secondary N) is 2. The summed E-state index contributed by atoms with van der Waals surface area (Å²) in [4.78, 5) is 13.8. The Morgan fingerprint density at radius 2 is 1.89 bits per heavy atom. The van der Waals surface area contributed by atoms with Crippen molar-refractivity contribution in [3.63, 3.8) is 0 Å². The van der Waals surface area contributed by atoms with E-state index in [2.05, 4.69) is 45.6 Å². The summed E-state index contributed by atoms with van der Waals surface area (Å²) in [6.07, 6.45) is 1.60. The first-order valence-corrected chi connectivity index (χ1v) is 7.28. The predicted molar refractivity (Wildman–Crippen MR) is 83.4 cm³/mol. The van der Waals surface area contributed by atoms with E-state index in [0.29, 0.717) is 6.42 Å². The SMILES string of the molecule is CN(C)CCCNCCC(=O)Nc1ccc(Br)cc1. The van der Waals surface area contributed by atoms with Crippen molar-refractivity contribution in [2.24, 2.45) is 0 Å². The van der Waals surface area contributed by atoms with Crippen LogP contribution in [0.25, 0.3) is 0 Å². The minimum absolute atomic E-state index is 0.0439. The highest BCUT2D eigenvalue weighted by atomic mass is 79.9. The largest absolute Gasteiger partial charge is 0.326 e. The van der Waals surface area contributed by atoms with Crippen LogP contribution in [0.1, 0.15) is 12.8 Å². The Morgan fingerprint density at radius 1 is 1.21 bits per heavy atom. The first-order chi connectivity index (χ1) is 9.08. The van der Waals surface area contributed by atoms with Gasteiger partial charge in [-0.25, -0.2) is 0 Å². The van der Waals surface area contributed by atoms with E-state index in [9.17, 15) is 4.79 Å². The lowest BCUT2D eigenvalue weighted by atomic mass is 10.3. The van der Waals surface area contributed by atoms with Crippen LogP contribution < -0.4 is 10.6 Å². The minimum Gasteiger partial charge on any atom is -0.326 e. The van der Waals surface area contributed by atoms with Gasteiger partial charge in [0.1, 0.15) is 0 Å². The van der Waals surface area contributed by atoms with Crippen molar-refractivity contribution in [3.8, 4) is 0 Å². The van der Waals surface area contributed by atoms with Crippen LogP contribution in [0.5, 0.6) is 0 Å². The number of hydrogen-bond donors (Lipinski definition) is 2. The number of halogens is 1.